The first-order chi connectivity index (χ1) is 7.70. The largest absolute Gasteiger partial charge is 0.444 e. The van der Waals surface area contributed by atoms with Crippen LogP contribution >= 0.6 is 27.3 Å². The van der Waals surface area contributed by atoms with Crippen molar-refractivity contribution in [2.24, 2.45) is 0 Å². The molecule has 0 bridgehead atoms. The van der Waals surface area contributed by atoms with Crippen molar-refractivity contribution in [1.82, 2.24) is 0 Å². The van der Waals surface area contributed by atoms with Crippen LogP contribution in [0, 0.1) is 11.3 Å². The summed E-state index contributed by atoms with van der Waals surface area (Å²) in [5.41, 5.74) is 0.448. The molecular formula is C10H5BrN2O2S. The molecule has 2 aromatic rings. The molecule has 0 aliphatic carbocycles. The van der Waals surface area contributed by atoms with E-state index in [1.165, 1.54) is 11.3 Å². The smallest absolute Gasteiger partial charge is 0.292 e. The van der Waals surface area contributed by atoms with Crippen LogP contribution in [-0.4, -0.2) is 5.91 Å². The van der Waals surface area contributed by atoms with E-state index in [9.17, 15) is 4.79 Å². The number of carbonyl (C=O) groups excluding carboxylic acids is 1. The average molecular weight is 297 g/mol. The predicted octanol–water partition coefficient (Wildman–Crippen LogP) is 3.23. The number of halogens is 1. The molecular weight excluding hydrogens is 292 g/mol. The number of furan rings is 1. The van der Waals surface area contributed by atoms with Gasteiger partial charge in [0.2, 0.25) is 0 Å². The highest BCUT2D eigenvalue weighted by atomic mass is 79.9. The molecule has 2 rings (SSSR count). The summed E-state index contributed by atoms with van der Waals surface area (Å²) in [4.78, 5) is 11.7. The Bertz CT molecular complexity index is 567. The van der Waals surface area contributed by atoms with E-state index in [1.807, 2.05) is 6.07 Å². The lowest BCUT2D eigenvalue weighted by Crippen LogP contribution is -2.10. The van der Waals surface area contributed by atoms with E-state index < -0.39 is 0 Å². The zero-order chi connectivity index (χ0) is 11.5. The molecule has 0 aromatic carbocycles. The summed E-state index contributed by atoms with van der Waals surface area (Å²) in [5, 5.41) is 13.7. The van der Waals surface area contributed by atoms with Crippen LogP contribution in [0.4, 0.5) is 5.00 Å². The fourth-order valence-corrected chi connectivity index (χ4v) is 2.13. The SMILES string of the molecule is N#Cc1ccsc1NC(=O)c1ccc(Br)o1. The quantitative estimate of drug-likeness (QED) is 0.925. The molecule has 1 N–H and O–H groups in total. The summed E-state index contributed by atoms with van der Waals surface area (Å²) in [6, 6.07) is 6.83. The highest BCUT2D eigenvalue weighted by Crippen LogP contribution is 2.23. The van der Waals surface area contributed by atoms with Gasteiger partial charge in [0.15, 0.2) is 10.4 Å². The molecule has 0 saturated heterocycles. The van der Waals surface area contributed by atoms with Gasteiger partial charge in [-0.1, -0.05) is 0 Å². The Morgan fingerprint density at radius 1 is 1.50 bits per heavy atom. The fraction of sp³-hybridized carbons (Fsp3) is 0. The van der Waals surface area contributed by atoms with Gasteiger partial charge in [0.1, 0.15) is 11.1 Å². The maximum atomic E-state index is 11.7. The van der Waals surface area contributed by atoms with Gasteiger partial charge in [-0.2, -0.15) is 5.26 Å². The van der Waals surface area contributed by atoms with Crippen molar-refractivity contribution < 1.29 is 9.21 Å². The number of hydrogen-bond acceptors (Lipinski definition) is 4. The second kappa shape index (κ2) is 4.51. The van der Waals surface area contributed by atoms with Gasteiger partial charge in [-0.05, 0) is 39.5 Å². The van der Waals surface area contributed by atoms with Gasteiger partial charge < -0.3 is 9.73 Å². The van der Waals surface area contributed by atoms with Crippen LogP contribution < -0.4 is 5.32 Å². The minimum Gasteiger partial charge on any atom is -0.444 e. The van der Waals surface area contributed by atoms with E-state index in [0.717, 1.165) is 0 Å². The van der Waals surface area contributed by atoms with Crippen molar-refractivity contribution in [3.63, 3.8) is 0 Å². The van der Waals surface area contributed by atoms with E-state index >= 15 is 0 Å². The molecule has 0 aliphatic rings. The Labute approximate surface area is 104 Å². The monoisotopic (exact) mass is 296 g/mol. The molecule has 1 amide bonds. The van der Waals surface area contributed by atoms with E-state index in [0.29, 0.717) is 15.2 Å². The molecule has 0 aliphatic heterocycles. The molecule has 0 fully saturated rings. The van der Waals surface area contributed by atoms with Gasteiger partial charge in [-0.3, -0.25) is 4.79 Å². The minimum absolute atomic E-state index is 0.198. The fourth-order valence-electron chi connectivity index (χ4n) is 1.10. The Hall–Kier alpha value is -1.58. The third-order valence-electron chi connectivity index (χ3n) is 1.81. The molecule has 0 radical (unpaired) electrons. The first-order valence-electron chi connectivity index (χ1n) is 4.25. The number of thiophene rings is 1. The highest BCUT2D eigenvalue weighted by molar-refractivity contribution is 9.10. The molecule has 0 unspecified atom stereocenters. The number of anilines is 1. The van der Waals surface area contributed by atoms with Crippen molar-refractivity contribution in [3.05, 3.63) is 39.6 Å². The van der Waals surface area contributed by atoms with Crippen LogP contribution in [0.3, 0.4) is 0 Å². The van der Waals surface area contributed by atoms with Crippen molar-refractivity contribution in [2.45, 2.75) is 0 Å². The van der Waals surface area contributed by atoms with Crippen molar-refractivity contribution in [2.75, 3.05) is 5.32 Å². The summed E-state index contributed by atoms with van der Waals surface area (Å²) < 4.78 is 5.58. The zero-order valence-corrected chi connectivity index (χ0v) is 10.3. The second-order valence-electron chi connectivity index (χ2n) is 2.83. The molecule has 0 spiro atoms. The maximum Gasteiger partial charge on any atom is 0.292 e. The van der Waals surface area contributed by atoms with Crippen molar-refractivity contribution in [1.29, 1.82) is 5.26 Å². The number of hydrogen-bond donors (Lipinski definition) is 1. The van der Waals surface area contributed by atoms with Crippen LogP contribution in [0.2, 0.25) is 0 Å². The summed E-state index contributed by atoms with van der Waals surface area (Å²) >= 11 is 4.41. The maximum absolute atomic E-state index is 11.7. The topological polar surface area (TPSA) is 66.0 Å². The molecule has 0 saturated carbocycles. The lowest BCUT2D eigenvalue weighted by molar-refractivity contribution is 0.0996. The lowest BCUT2D eigenvalue weighted by Gasteiger charge is -1.99. The Balaban J connectivity index is 2.17. The molecule has 6 heteroatoms. The summed E-state index contributed by atoms with van der Waals surface area (Å²) in [6.45, 7) is 0. The normalized spacial score (nSPS) is 9.75. The van der Waals surface area contributed by atoms with Gasteiger partial charge >= 0.3 is 0 Å². The Kier molecular flexibility index (Phi) is 3.08. The van der Waals surface area contributed by atoms with Gasteiger partial charge in [-0.15, -0.1) is 11.3 Å². The summed E-state index contributed by atoms with van der Waals surface area (Å²) in [6.07, 6.45) is 0. The van der Waals surface area contributed by atoms with Gasteiger partial charge in [0, 0.05) is 0 Å². The number of nitrogens with one attached hydrogen (secondary N) is 1. The van der Waals surface area contributed by atoms with Crippen LogP contribution in [-0.2, 0) is 0 Å². The third kappa shape index (κ3) is 2.15. The molecule has 16 heavy (non-hydrogen) atoms. The number of amides is 1. The highest BCUT2D eigenvalue weighted by Gasteiger charge is 2.13. The Morgan fingerprint density at radius 2 is 2.31 bits per heavy atom. The van der Waals surface area contributed by atoms with Gasteiger partial charge in [0.05, 0.1) is 5.56 Å². The predicted molar refractivity (Wildman–Crippen MR) is 63.4 cm³/mol. The van der Waals surface area contributed by atoms with Crippen LogP contribution in [0.25, 0.3) is 0 Å². The number of carbonyl (C=O) groups is 1. The second-order valence-corrected chi connectivity index (χ2v) is 4.53. The standard InChI is InChI=1S/C10H5BrN2O2S/c11-8-2-1-7(15-8)9(14)13-10-6(5-12)3-4-16-10/h1-4H,(H,13,14). The van der Waals surface area contributed by atoms with Crippen LogP contribution in [0.1, 0.15) is 16.1 Å². The first kappa shape index (κ1) is 10.9. The third-order valence-corrected chi connectivity index (χ3v) is 3.07. The first-order valence-corrected chi connectivity index (χ1v) is 5.92. The van der Waals surface area contributed by atoms with Crippen molar-refractivity contribution >= 4 is 38.2 Å². The van der Waals surface area contributed by atoms with E-state index in [1.54, 1.807) is 23.6 Å². The van der Waals surface area contributed by atoms with E-state index in [-0.39, 0.29) is 11.7 Å². The summed E-state index contributed by atoms with van der Waals surface area (Å²) in [7, 11) is 0. The Morgan fingerprint density at radius 3 is 2.94 bits per heavy atom. The number of nitrogens with zero attached hydrogens (tertiary/aromatic N) is 1. The summed E-state index contributed by atoms with van der Waals surface area (Å²) in [5.74, 6) is -0.172. The molecule has 4 nitrogen and oxygen atoms in total. The minimum atomic E-state index is -0.371. The average Bonchev–Trinajstić information content (AvgIpc) is 2.86. The van der Waals surface area contributed by atoms with E-state index in [4.69, 9.17) is 9.68 Å². The number of rotatable bonds is 2. The molecule has 80 valence electrons. The van der Waals surface area contributed by atoms with Crippen LogP contribution in [0.15, 0.2) is 32.7 Å². The van der Waals surface area contributed by atoms with E-state index in [2.05, 4.69) is 21.2 Å². The van der Waals surface area contributed by atoms with Crippen molar-refractivity contribution in [3.8, 4) is 6.07 Å². The molecule has 0 atom stereocenters. The molecule has 2 heterocycles. The van der Waals surface area contributed by atoms with Gasteiger partial charge in [0.25, 0.3) is 5.91 Å². The number of nitriles is 1. The zero-order valence-electron chi connectivity index (χ0n) is 7.86. The molecule has 2 aromatic heterocycles. The lowest BCUT2D eigenvalue weighted by atomic mass is 10.3. The van der Waals surface area contributed by atoms with Gasteiger partial charge in [-0.25, -0.2) is 0 Å². The van der Waals surface area contributed by atoms with Crippen LogP contribution in [0.5, 0.6) is 0 Å².